The van der Waals surface area contributed by atoms with Gasteiger partial charge in [-0.3, -0.25) is 9.59 Å². The highest BCUT2D eigenvalue weighted by Gasteiger charge is 2.17. The predicted molar refractivity (Wildman–Crippen MR) is 64.9 cm³/mol. The van der Waals surface area contributed by atoms with Crippen LogP contribution >= 0.6 is 11.3 Å². The van der Waals surface area contributed by atoms with Gasteiger partial charge >= 0.3 is 5.97 Å². The van der Waals surface area contributed by atoms with Crippen molar-refractivity contribution < 1.29 is 23.1 Å². The molecule has 0 atom stereocenters. The first-order valence-corrected chi connectivity index (χ1v) is 7.16. The molecule has 0 saturated carbocycles. The molecule has 0 saturated heterocycles. The van der Waals surface area contributed by atoms with Gasteiger partial charge in [-0.2, -0.15) is 0 Å². The zero-order chi connectivity index (χ0) is 13.8. The zero-order valence-corrected chi connectivity index (χ0v) is 11.1. The number of thiophene rings is 1. The lowest BCUT2D eigenvalue weighted by molar-refractivity contribution is -0.137. The molecule has 3 N–H and O–H groups in total. The van der Waals surface area contributed by atoms with Crippen LogP contribution in [0, 0.1) is 6.92 Å². The maximum Gasteiger partial charge on any atom is 0.322 e. The first kappa shape index (κ1) is 14.6. The second kappa shape index (κ2) is 5.94. The third-order valence-corrected chi connectivity index (χ3v) is 4.73. The van der Waals surface area contributed by atoms with Crippen molar-refractivity contribution in [2.45, 2.75) is 11.1 Å². The van der Waals surface area contributed by atoms with Crippen molar-refractivity contribution in [2.24, 2.45) is 0 Å². The van der Waals surface area contributed by atoms with Crippen molar-refractivity contribution in [2.75, 3.05) is 13.1 Å². The second-order valence-electron chi connectivity index (χ2n) is 3.36. The van der Waals surface area contributed by atoms with Crippen molar-refractivity contribution >= 4 is 33.2 Å². The molecule has 0 bridgehead atoms. The fraction of sp³-hybridized carbons (Fsp3) is 0.333. The highest BCUT2D eigenvalue weighted by atomic mass is 32.2. The van der Waals surface area contributed by atoms with Crippen LogP contribution in [0.15, 0.2) is 16.3 Å². The molecule has 1 aromatic rings. The topological polar surface area (TPSA) is 113 Å². The summed E-state index contributed by atoms with van der Waals surface area (Å²) in [4.78, 5) is 22.1. The van der Waals surface area contributed by atoms with Crippen LogP contribution in [0.4, 0.5) is 0 Å². The molecule has 9 heteroatoms. The fourth-order valence-corrected chi connectivity index (χ4v) is 3.33. The molecular formula is C9H12N2O5S2. The number of aliphatic carboxylic acids is 1. The number of carbonyl (C=O) groups excluding carboxylic acids is 1. The smallest absolute Gasteiger partial charge is 0.322 e. The lowest BCUT2D eigenvalue weighted by atomic mass is 10.5. The van der Waals surface area contributed by atoms with Gasteiger partial charge in [0.15, 0.2) is 0 Å². The van der Waals surface area contributed by atoms with E-state index in [4.69, 9.17) is 5.11 Å². The van der Waals surface area contributed by atoms with Gasteiger partial charge in [0.25, 0.3) is 10.0 Å². The van der Waals surface area contributed by atoms with Gasteiger partial charge in [0.1, 0.15) is 10.8 Å². The lowest BCUT2D eigenvalue weighted by Crippen LogP contribution is -2.38. The highest BCUT2D eigenvalue weighted by Crippen LogP contribution is 2.19. The van der Waals surface area contributed by atoms with Crippen molar-refractivity contribution in [1.29, 1.82) is 0 Å². The third kappa shape index (κ3) is 4.43. The largest absolute Gasteiger partial charge is 0.480 e. The van der Waals surface area contributed by atoms with E-state index in [0.29, 0.717) is 0 Å². The number of hydrogen-bond donors (Lipinski definition) is 3. The van der Waals surface area contributed by atoms with Gasteiger partial charge in [0.2, 0.25) is 5.91 Å². The molecule has 0 fully saturated rings. The van der Waals surface area contributed by atoms with E-state index in [9.17, 15) is 18.0 Å². The Balaban J connectivity index is 2.52. The number of carboxylic acids is 1. The minimum atomic E-state index is -3.71. The normalized spacial score (nSPS) is 11.2. The molecule has 1 aromatic heterocycles. The molecule has 0 radical (unpaired) electrons. The van der Waals surface area contributed by atoms with Crippen LogP contribution in [0.5, 0.6) is 0 Å². The molecule has 0 spiro atoms. The molecule has 7 nitrogen and oxygen atoms in total. The number of rotatable bonds is 6. The zero-order valence-electron chi connectivity index (χ0n) is 9.47. The Morgan fingerprint density at radius 1 is 1.33 bits per heavy atom. The molecule has 1 amide bonds. The van der Waals surface area contributed by atoms with E-state index in [1.807, 2.05) is 5.32 Å². The summed E-state index contributed by atoms with van der Waals surface area (Å²) >= 11 is 1.09. The van der Waals surface area contributed by atoms with Crippen LogP contribution in [0.25, 0.3) is 0 Å². The average Bonchev–Trinajstić information content (AvgIpc) is 2.71. The number of nitrogens with one attached hydrogen (secondary N) is 2. The molecule has 0 unspecified atom stereocenters. The minimum absolute atomic E-state index is 0.117. The molecule has 1 heterocycles. The lowest BCUT2D eigenvalue weighted by Gasteiger charge is -2.04. The Bertz CT molecular complexity index is 549. The average molecular weight is 292 g/mol. The summed E-state index contributed by atoms with van der Waals surface area (Å²) in [6, 6.07) is 3.10. The van der Waals surface area contributed by atoms with Gasteiger partial charge in [0, 0.05) is 4.88 Å². The van der Waals surface area contributed by atoms with E-state index in [0.717, 1.165) is 16.2 Å². The number of aryl methyl sites for hydroxylation is 1. The monoisotopic (exact) mass is 292 g/mol. The van der Waals surface area contributed by atoms with Gasteiger partial charge < -0.3 is 10.4 Å². The predicted octanol–water partition coefficient (Wildman–Crippen LogP) is -0.464. The van der Waals surface area contributed by atoms with Gasteiger partial charge in [-0.15, -0.1) is 11.3 Å². The highest BCUT2D eigenvalue weighted by molar-refractivity contribution is 7.91. The number of carboxylic acid groups (broad SMARTS) is 1. The number of amides is 1. The van der Waals surface area contributed by atoms with Crippen molar-refractivity contribution in [3.8, 4) is 0 Å². The Morgan fingerprint density at radius 2 is 2.00 bits per heavy atom. The number of sulfonamides is 1. The standard InChI is InChI=1S/C9H12N2O5S2/c1-6-2-3-9(17-6)18(15,16)11-4-7(12)10-5-8(13)14/h2-3,11H,4-5H2,1H3,(H,10,12)(H,13,14). The minimum Gasteiger partial charge on any atom is -0.480 e. The van der Waals surface area contributed by atoms with E-state index >= 15 is 0 Å². The first-order chi connectivity index (χ1) is 8.31. The summed E-state index contributed by atoms with van der Waals surface area (Å²) in [6.07, 6.45) is 0. The molecule has 1 rings (SSSR count). The summed E-state index contributed by atoms with van der Waals surface area (Å²) in [5, 5.41) is 10.4. The Hall–Kier alpha value is -1.45. The molecule has 18 heavy (non-hydrogen) atoms. The van der Waals surface area contributed by atoms with Gasteiger partial charge in [-0.25, -0.2) is 13.1 Å². The molecule has 0 aliphatic carbocycles. The van der Waals surface area contributed by atoms with Crippen molar-refractivity contribution in [3.05, 3.63) is 17.0 Å². The number of carbonyl (C=O) groups is 2. The van der Waals surface area contributed by atoms with Crippen LogP contribution in [0.2, 0.25) is 0 Å². The van der Waals surface area contributed by atoms with Crippen LogP contribution in [0.1, 0.15) is 4.88 Å². The van der Waals surface area contributed by atoms with E-state index in [1.54, 1.807) is 13.0 Å². The van der Waals surface area contributed by atoms with Gasteiger partial charge in [-0.05, 0) is 19.1 Å². The Kier molecular flexibility index (Phi) is 4.82. The fourth-order valence-electron chi connectivity index (χ4n) is 1.02. The summed E-state index contributed by atoms with van der Waals surface area (Å²) in [6.45, 7) is 0.731. The van der Waals surface area contributed by atoms with E-state index in [-0.39, 0.29) is 4.21 Å². The summed E-state index contributed by atoms with van der Waals surface area (Å²) in [5.41, 5.74) is 0. The van der Waals surface area contributed by atoms with Gasteiger partial charge in [-0.1, -0.05) is 0 Å². The quantitative estimate of drug-likeness (QED) is 0.656. The van der Waals surface area contributed by atoms with E-state index in [2.05, 4.69) is 4.72 Å². The summed E-state index contributed by atoms with van der Waals surface area (Å²) < 4.78 is 25.6. The van der Waals surface area contributed by atoms with E-state index < -0.39 is 35.0 Å². The third-order valence-electron chi connectivity index (χ3n) is 1.84. The SMILES string of the molecule is Cc1ccc(S(=O)(=O)NCC(=O)NCC(=O)O)s1. The second-order valence-corrected chi connectivity index (χ2v) is 6.64. The van der Waals surface area contributed by atoms with Crippen LogP contribution in [-0.2, 0) is 19.6 Å². The maximum absolute atomic E-state index is 11.7. The first-order valence-electron chi connectivity index (χ1n) is 4.86. The van der Waals surface area contributed by atoms with Crippen molar-refractivity contribution in [3.63, 3.8) is 0 Å². The Labute approximate surface area is 108 Å². The number of hydrogen-bond acceptors (Lipinski definition) is 5. The molecule has 0 aromatic carbocycles. The van der Waals surface area contributed by atoms with Crippen LogP contribution in [0.3, 0.4) is 0 Å². The van der Waals surface area contributed by atoms with E-state index in [1.165, 1.54) is 6.07 Å². The van der Waals surface area contributed by atoms with Crippen LogP contribution < -0.4 is 10.0 Å². The van der Waals surface area contributed by atoms with Gasteiger partial charge in [0.05, 0.1) is 6.54 Å². The maximum atomic E-state index is 11.7. The van der Waals surface area contributed by atoms with Crippen LogP contribution in [-0.4, -0.2) is 38.5 Å². The molecule has 0 aliphatic heterocycles. The summed E-state index contributed by atoms with van der Waals surface area (Å²) in [5.74, 6) is -1.89. The molecule has 0 aliphatic rings. The summed E-state index contributed by atoms with van der Waals surface area (Å²) in [7, 11) is -3.71. The molecule has 100 valence electrons. The molecular weight excluding hydrogens is 280 g/mol. The Morgan fingerprint density at radius 3 is 2.50 bits per heavy atom. The van der Waals surface area contributed by atoms with Crippen molar-refractivity contribution in [1.82, 2.24) is 10.0 Å².